The Morgan fingerprint density at radius 3 is 2.42 bits per heavy atom. The minimum atomic E-state index is -0.336. The van der Waals surface area contributed by atoms with E-state index in [2.05, 4.69) is 27.8 Å². The molecule has 3 rings (SSSR count). The van der Waals surface area contributed by atoms with Crippen molar-refractivity contribution in [2.75, 3.05) is 38.0 Å². The molecule has 3 N–H and O–H groups in total. The predicted molar refractivity (Wildman–Crippen MR) is 140 cm³/mol. The van der Waals surface area contributed by atoms with Crippen molar-refractivity contribution in [3.63, 3.8) is 0 Å². The zero-order chi connectivity index (χ0) is 26.3. The summed E-state index contributed by atoms with van der Waals surface area (Å²) in [6, 6.07) is 8.10. The summed E-state index contributed by atoms with van der Waals surface area (Å²) in [5.41, 5.74) is 0.601. The molecule has 4 amide bonds. The summed E-state index contributed by atoms with van der Waals surface area (Å²) in [7, 11) is 0. The number of piperazine rings is 1. The van der Waals surface area contributed by atoms with E-state index >= 15 is 0 Å². The molecular weight excluding hydrogens is 482 g/mol. The van der Waals surface area contributed by atoms with Gasteiger partial charge in [-0.2, -0.15) is 0 Å². The highest BCUT2D eigenvalue weighted by molar-refractivity contribution is 6.34. The van der Waals surface area contributed by atoms with Gasteiger partial charge in [0.2, 0.25) is 0 Å². The van der Waals surface area contributed by atoms with Crippen LogP contribution in [0.5, 0.6) is 0 Å². The van der Waals surface area contributed by atoms with Crippen LogP contribution in [-0.2, 0) is 6.54 Å². The zero-order valence-corrected chi connectivity index (χ0v) is 22.2. The number of unbranched alkanes of at least 4 members (excludes halogenated alkanes) is 1. The lowest BCUT2D eigenvalue weighted by Gasteiger charge is -2.34. The van der Waals surface area contributed by atoms with Crippen LogP contribution in [0.15, 0.2) is 34.7 Å². The van der Waals surface area contributed by atoms with E-state index in [4.69, 9.17) is 16.0 Å². The van der Waals surface area contributed by atoms with E-state index in [1.807, 2.05) is 26.8 Å². The first-order valence-electron chi connectivity index (χ1n) is 12.3. The number of furan rings is 1. The molecule has 1 aliphatic heterocycles. The minimum absolute atomic E-state index is 0.102. The van der Waals surface area contributed by atoms with Crippen molar-refractivity contribution in [2.24, 2.45) is 0 Å². The maximum Gasteiger partial charge on any atom is 0.319 e. The van der Waals surface area contributed by atoms with Crippen LogP contribution in [0.2, 0.25) is 5.02 Å². The normalized spacial score (nSPS) is 14.4. The Kier molecular flexibility index (Phi) is 9.39. The van der Waals surface area contributed by atoms with E-state index < -0.39 is 0 Å². The second-order valence-electron chi connectivity index (χ2n) is 9.97. The molecule has 9 nitrogen and oxygen atoms in total. The van der Waals surface area contributed by atoms with Gasteiger partial charge < -0.3 is 25.3 Å². The number of rotatable bonds is 8. The third kappa shape index (κ3) is 7.99. The summed E-state index contributed by atoms with van der Waals surface area (Å²) < 4.78 is 5.73. The van der Waals surface area contributed by atoms with E-state index in [0.717, 1.165) is 12.8 Å². The van der Waals surface area contributed by atoms with Gasteiger partial charge in [-0.1, -0.05) is 24.9 Å². The summed E-state index contributed by atoms with van der Waals surface area (Å²) in [6.07, 6.45) is 1.89. The van der Waals surface area contributed by atoms with Gasteiger partial charge in [-0.05, 0) is 57.5 Å². The molecule has 1 aromatic carbocycles. The topological polar surface area (TPSA) is 107 Å². The molecule has 10 heteroatoms. The Hall–Kier alpha value is -3.04. The second-order valence-corrected chi connectivity index (χ2v) is 10.4. The highest BCUT2D eigenvalue weighted by atomic mass is 35.5. The molecule has 196 valence electrons. The van der Waals surface area contributed by atoms with Crippen molar-refractivity contribution in [1.82, 2.24) is 20.4 Å². The Labute approximate surface area is 217 Å². The number of urea groups is 1. The first-order valence-corrected chi connectivity index (χ1v) is 12.7. The lowest BCUT2D eigenvalue weighted by Crippen LogP contribution is -2.48. The van der Waals surface area contributed by atoms with Crippen LogP contribution < -0.4 is 16.0 Å². The first-order chi connectivity index (χ1) is 17.1. The van der Waals surface area contributed by atoms with Crippen molar-refractivity contribution >= 4 is 35.1 Å². The number of hydrogen-bond donors (Lipinski definition) is 3. The predicted octanol–water partition coefficient (Wildman–Crippen LogP) is 4.34. The van der Waals surface area contributed by atoms with E-state index in [-0.39, 0.29) is 23.4 Å². The molecule has 0 bridgehead atoms. The van der Waals surface area contributed by atoms with Crippen LogP contribution in [0.25, 0.3) is 0 Å². The molecule has 1 aromatic heterocycles. The van der Waals surface area contributed by atoms with Crippen molar-refractivity contribution in [3.8, 4) is 0 Å². The van der Waals surface area contributed by atoms with Crippen molar-refractivity contribution in [3.05, 3.63) is 52.4 Å². The summed E-state index contributed by atoms with van der Waals surface area (Å²) in [5.74, 6) is 0.667. The smallest absolute Gasteiger partial charge is 0.319 e. The number of halogens is 1. The van der Waals surface area contributed by atoms with E-state index in [1.54, 1.807) is 29.2 Å². The van der Waals surface area contributed by atoms with Crippen LogP contribution in [0.3, 0.4) is 0 Å². The largest absolute Gasteiger partial charge is 0.455 e. The van der Waals surface area contributed by atoms with Gasteiger partial charge in [-0.25, -0.2) is 4.79 Å². The molecule has 1 aliphatic rings. The summed E-state index contributed by atoms with van der Waals surface area (Å²) in [5, 5.41) is 8.69. The molecule has 1 saturated heterocycles. The Bertz CT molecular complexity index is 1070. The van der Waals surface area contributed by atoms with Gasteiger partial charge in [0, 0.05) is 43.8 Å². The maximum absolute atomic E-state index is 13.0. The highest BCUT2D eigenvalue weighted by Gasteiger charge is 2.24. The van der Waals surface area contributed by atoms with Crippen LogP contribution in [0, 0.1) is 0 Å². The average molecular weight is 518 g/mol. The van der Waals surface area contributed by atoms with E-state index in [1.165, 1.54) is 0 Å². The molecule has 2 aromatic rings. The monoisotopic (exact) mass is 517 g/mol. The number of anilines is 1. The van der Waals surface area contributed by atoms with Gasteiger partial charge in [0.25, 0.3) is 11.8 Å². The molecular formula is C26H36ClN5O4. The Balaban J connectivity index is 1.49. The van der Waals surface area contributed by atoms with Crippen LogP contribution in [0.4, 0.5) is 10.5 Å². The van der Waals surface area contributed by atoms with E-state index in [9.17, 15) is 14.4 Å². The van der Waals surface area contributed by atoms with Crippen LogP contribution in [0.1, 0.15) is 67.2 Å². The van der Waals surface area contributed by atoms with Crippen molar-refractivity contribution in [2.45, 2.75) is 52.6 Å². The maximum atomic E-state index is 13.0. The van der Waals surface area contributed by atoms with Crippen LogP contribution >= 0.6 is 11.6 Å². The molecule has 0 saturated carbocycles. The van der Waals surface area contributed by atoms with Gasteiger partial charge in [0.05, 0.1) is 17.3 Å². The van der Waals surface area contributed by atoms with Crippen molar-refractivity contribution in [1.29, 1.82) is 0 Å². The van der Waals surface area contributed by atoms with E-state index in [0.29, 0.717) is 67.1 Å². The standard InChI is InChI=1S/C26H36ClN5O4/c1-5-6-11-28-25(35)29-21-9-7-18(16-20(21)27)24(34)32-14-12-31(13-15-32)17-19-8-10-22(36-19)23(33)30-26(2,3)4/h7-10,16H,5-6,11-15,17H2,1-4H3,(H,30,33)(H2,28,29,35). The fourth-order valence-electron chi connectivity index (χ4n) is 3.79. The number of carbonyl (C=O) groups excluding carboxylic acids is 3. The Morgan fingerprint density at radius 1 is 1.06 bits per heavy atom. The molecule has 0 spiro atoms. The lowest BCUT2D eigenvalue weighted by atomic mass is 10.1. The number of nitrogens with zero attached hydrogens (tertiary/aromatic N) is 2. The summed E-state index contributed by atoms with van der Waals surface area (Å²) >= 11 is 6.33. The minimum Gasteiger partial charge on any atom is -0.455 e. The first kappa shape index (κ1) is 27.5. The van der Waals surface area contributed by atoms with Gasteiger partial charge in [-0.3, -0.25) is 14.5 Å². The molecule has 0 radical (unpaired) electrons. The third-order valence-electron chi connectivity index (χ3n) is 5.69. The molecule has 0 aliphatic carbocycles. The van der Waals surface area contributed by atoms with Gasteiger partial charge in [0.1, 0.15) is 5.76 Å². The molecule has 2 heterocycles. The number of amides is 4. The summed E-state index contributed by atoms with van der Waals surface area (Å²) in [6.45, 7) is 11.5. The second kappa shape index (κ2) is 12.3. The molecule has 0 unspecified atom stereocenters. The number of carbonyl (C=O) groups is 3. The fourth-order valence-corrected chi connectivity index (χ4v) is 4.02. The number of hydrogen-bond acceptors (Lipinski definition) is 5. The van der Waals surface area contributed by atoms with Gasteiger partial charge in [0.15, 0.2) is 5.76 Å². The van der Waals surface area contributed by atoms with Crippen LogP contribution in [-0.4, -0.2) is 65.9 Å². The number of nitrogens with one attached hydrogen (secondary N) is 3. The number of benzene rings is 1. The Morgan fingerprint density at radius 2 is 1.78 bits per heavy atom. The van der Waals surface area contributed by atoms with Gasteiger partial charge in [-0.15, -0.1) is 0 Å². The average Bonchev–Trinajstić information content (AvgIpc) is 3.28. The zero-order valence-electron chi connectivity index (χ0n) is 21.4. The molecule has 36 heavy (non-hydrogen) atoms. The molecule has 1 fully saturated rings. The quantitative estimate of drug-likeness (QED) is 0.451. The van der Waals surface area contributed by atoms with Crippen molar-refractivity contribution < 1.29 is 18.8 Å². The lowest BCUT2D eigenvalue weighted by molar-refractivity contribution is 0.0618. The third-order valence-corrected chi connectivity index (χ3v) is 6.01. The molecule has 0 atom stereocenters. The highest BCUT2D eigenvalue weighted by Crippen LogP contribution is 2.24. The SMILES string of the molecule is CCCCNC(=O)Nc1ccc(C(=O)N2CCN(Cc3ccc(C(=O)NC(C)(C)C)o3)CC2)cc1Cl. The summed E-state index contributed by atoms with van der Waals surface area (Å²) in [4.78, 5) is 41.2. The fraction of sp³-hybridized carbons (Fsp3) is 0.500. The van der Waals surface area contributed by atoms with Gasteiger partial charge >= 0.3 is 6.03 Å².